The number of hydrogen-bond acceptors (Lipinski definition) is 4. The summed E-state index contributed by atoms with van der Waals surface area (Å²) in [6.45, 7) is 0.802. The maximum atomic E-state index is 12.8. The number of amides is 1. The van der Waals surface area contributed by atoms with Crippen molar-refractivity contribution in [3.8, 4) is 11.5 Å². The fraction of sp³-hybridized carbons (Fsp3) is 0.0714. The van der Waals surface area contributed by atoms with Crippen molar-refractivity contribution in [3.63, 3.8) is 0 Å². The molecule has 4 aromatic rings. The number of para-hydroxylation sites is 3. The lowest BCUT2D eigenvalue weighted by molar-refractivity contribution is -0.123. The van der Waals surface area contributed by atoms with Crippen molar-refractivity contribution in [1.82, 2.24) is 0 Å². The van der Waals surface area contributed by atoms with Crippen LogP contribution in [0.15, 0.2) is 109 Å². The third-order valence-corrected chi connectivity index (χ3v) is 5.03. The lowest BCUT2D eigenvalue weighted by Crippen LogP contribution is -2.26. The van der Waals surface area contributed by atoms with E-state index in [-0.39, 0.29) is 5.91 Å². The summed E-state index contributed by atoms with van der Waals surface area (Å²) in [6, 6.07) is 33.3. The van der Waals surface area contributed by atoms with Gasteiger partial charge in [0.2, 0.25) is 6.10 Å². The molecule has 1 N–H and O–H groups in total. The van der Waals surface area contributed by atoms with Crippen LogP contribution >= 0.6 is 0 Å². The van der Waals surface area contributed by atoms with Crippen molar-refractivity contribution in [2.24, 2.45) is 0 Å². The topological polar surface area (TPSA) is 64.6 Å². The molecule has 5 heteroatoms. The minimum absolute atomic E-state index is 0.307. The smallest absolute Gasteiger partial charge is 0.270 e. The van der Waals surface area contributed by atoms with Gasteiger partial charge >= 0.3 is 0 Å². The highest BCUT2D eigenvalue weighted by Crippen LogP contribution is 2.27. The summed E-state index contributed by atoms with van der Waals surface area (Å²) in [5.41, 5.74) is 3.11. The van der Waals surface area contributed by atoms with Crippen molar-refractivity contribution < 1.29 is 19.1 Å². The fourth-order valence-corrected chi connectivity index (χ4v) is 3.28. The molecule has 0 spiro atoms. The Morgan fingerprint density at radius 2 is 1.45 bits per heavy atom. The number of nitrogens with one attached hydrogen (secondary N) is 1. The molecule has 0 fully saturated rings. The molecule has 0 radical (unpaired) electrons. The number of rotatable bonds is 6. The maximum absolute atomic E-state index is 12.8. The molecule has 5 rings (SSSR count). The second kappa shape index (κ2) is 10.8. The van der Waals surface area contributed by atoms with Crippen LogP contribution in [0.25, 0.3) is 0 Å². The van der Waals surface area contributed by atoms with E-state index in [0.717, 1.165) is 12.4 Å². The summed E-state index contributed by atoms with van der Waals surface area (Å²) in [4.78, 5) is 24.0. The first kappa shape index (κ1) is 21.8. The SMILES string of the molecule is O=Cc1ccccc1OC(C(=O)Nc1ccccc1)c1ccccc1.c1ccc2c(c1)CO2. The molecule has 1 aliphatic heterocycles. The molecule has 0 saturated carbocycles. The summed E-state index contributed by atoms with van der Waals surface area (Å²) >= 11 is 0. The van der Waals surface area contributed by atoms with E-state index in [2.05, 4.69) is 11.4 Å². The van der Waals surface area contributed by atoms with Crippen LogP contribution in [0.2, 0.25) is 0 Å². The molecule has 1 unspecified atom stereocenters. The second-order valence-corrected chi connectivity index (χ2v) is 7.32. The first-order chi connectivity index (χ1) is 16.2. The highest BCUT2D eigenvalue weighted by atomic mass is 16.5. The molecule has 1 heterocycles. The molecule has 0 bridgehead atoms. The summed E-state index contributed by atoms with van der Waals surface area (Å²) in [5, 5.41) is 2.85. The van der Waals surface area contributed by atoms with Gasteiger partial charge in [-0.05, 0) is 30.3 Å². The van der Waals surface area contributed by atoms with Gasteiger partial charge in [-0.3, -0.25) is 9.59 Å². The highest BCUT2D eigenvalue weighted by molar-refractivity contribution is 5.95. The number of aldehydes is 1. The Morgan fingerprint density at radius 1 is 0.818 bits per heavy atom. The predicted molar refractivity (Wildman–Crippen MR) is 127 cm³/mol. The van der Waals surface area contributed by atoms with Gasteiger partial charge in [-0.2, -0.15) is 0 Å². The molecule has 33 heavy (non-hydrogen) atoms. The number of anilines is 1. The Balaban J connectivity index is 0.000000269. The van der Waals surface area contributed by atoms with Gasteiger partial charge < -0.3 is 14.8 Å². The fourth-order valence-electron chi connectivity index (χ4n) is 3.28. The summed E-state index contributed by atoms with van der Waals surface area (Å²) < 4.78 is 11.0. The van der Waals surface area contributed by atoms with Crippen LogP contribution < -0.4 is 14.8 Å². The van der Waals surface area contributed by atoms with E-state index in [9.17, 15) is 9.59 Å². The third-order valence-electron chi connectivity index (χ3n) is 5.03. The summed E-state index contributed by atoms with van der Waals surface area (Å²) in [5.74, 6) is 1.11. The van der Waals surface area contributed by atoms with Crippen LogP contribution in [-0.4, -0.2) is 12.2 Å². The van der Waals surface area contributed by atoms with Gasteiger partial charge in [-0.1, -0.05) is 78.9 Å². The minimum Gasteiger partial charge on any atom is -0.488 e. The van der Waals surface area contributed by atoms with E-state index >= 15 is 0 Å². The summed E-state index contributed by atoms with van der Waals surface area (Å²) in [7, 11) is 0. The van der Waals surface area contributed by atoms with Crippen molar-refractivity contribution in [1.29, 1.82) is 0 Å². The van der Waals surface area contributed by atoms with Crippen molar-refractivity contribution in [3.05, 3.63) is 126 Å². The Labute approximate surface area is 192 Å². The minimum atomic E-state index is -0.873. The van der Waals surface area contributed by atoms with Crippen molar-refractivity contribution >= 4 is 17.9 Å². The zero-order chi connectivity index (χ0) is 22.9. The molecular formula is C28H23NO4. The molecule has 0 saturated heterocycles. The van der Waals surface area contributed by atoms with Gasteiger partial charge in [-0.15, -0.1) is 0 Å². The molecule has 5 nitrogen and oxygen atoms in total. The average Bonchev–Trinajstić information content (AvgIpc) is 2.85. The average molecular weight is 437 g/mol. The first-order valence-electron chi connectivity index (χ1n) is 10.6. The van der Waals surface area contributed by atoms with Crippen molar-refractivity contribution in [2.45, 2.75) is 12.7 Å². The van der Waals surface area contributed by atoms with E-state index in [1.54, 1.807) is 36.4 Å². The molecule has 0 aliphatic carbocycles. The quantitative estimate of drug-likeness (QED) is 0.385. The van der Waals surface area contributed by atoms with Gasteiger partial charge in [-0.25, -0.2) is 0 Å². The lowest BCUT2D eigenvalue weighted by Gasteiger charge is -2.20. The number of carbonyl (C=O) groups excluding carboxylic acids is 2. The molecule has 1 atom stereocenters. The molecule has 1 aliphatic rings. The maximum Gasteiger partial charge on any atom is 0.270 e. The standard InChI is InChI=1S/C21H17NO3.C7H6O/c23-15-17-11-7-8-14-19(17)25-20(16-9-3-1-4-10-16)21(24)22-18-12-5-2-6-13-18;1-2-4-7-6(3-1)5-8-7/h1-15,20H,(H,22,24);1-4H,5H2. The number of fused-ring (bicyclic) bond motifs is 1. The van der Waals surface area contributed by atoms with Crippen LogP contribution in [-0.2, 0) is 11.4 Å². The first-order valence-corrected chi connectivity index (χ1v) is 10.6. The van der Waals surface area contributed by atoms with Crippen molar-refractivity contribution in [2.75, 3.05) is 5.32 Å². The van der Waals surface area contributed by atoms with Gasteiger partial charge in [0.05, 0.1) is 5.56 Å². The Hall–Kier alpha value is -4.38. The third kappa shape index (κ3) is 5.66. The van der Waals surface area contributed by atoms with E-state index in [1.165, 1.54) is 5.56 Å². The van der Waals surface area contributed by atoms with Gasteiger partial charge in [0.25, 0.3) is 5.91 Å². The Kier molecular flexibility index (Phi) is 7.13. The molecule has 4 aromatic carbocycles. The summed E-state index contributed by atoms with van der Waals surface area (Å²) in [6.07, 6.45) is -0.158. The van der Waals surface area contributed by atoms with E-state index in [0.29, 0.717) is 28.8 Å². The monoisotopic (exact) mass is 437 g/mol. The molecule has 0 aromatic heterocycles. The molecule has 164 valence electrons. The molecular weight excluding hydrogens is 414 g/mol. The number of carbonyl (C=O) groups is 2. The Morgan fingerprint density at radius 3 is 2.06 bits per heavy atom. The number of benzene rings is 4. The van der Waals surface area contributed by atoms with E-state index in [4.69, 9.17) is 9.47 Å². The number of hydrogen-bond donors (Lipinski definition) is 1. The van der Waals surface area contributed by atoms with Crippen LogP contribution in [0.5, 0.6) is 11.5 Å². The van der Waals surface area contributed by atoms with E-state index < -0.39 is 6.10 Å². The highest BCUT2D eigenvalue weighted by Gasteiger charge is 2.23. The van der Waals surface area contributed by atoms with Crippen LogP contribution in [0.3, 0.4) is 0 Å². The Bertz CT molecular complexity index is 1190. The number of ether oxygens (including phenoxy) is 2. The van der Waals surface area contributed by atoms with E-state index in [1.807, 2.05) is 66.7 Å². The van der Waals surface area contributed by atoms with Gasteiger partial charge in [0.15, 0.2) is 6.29 Å². The van der Waals surface area contributed by atoms with Crippen LogP contribution in [0, 0.1) is 0 Å². The lowest BCUT2D eigenvalue weighted by atomic mass is 10.1. The normalized spacial score (nSPS) is 11.9. The van der Waals surface area contributed by atoms with Gasteiger partial charge in [0.1, 0.15) is 18.1 Å². The second-order valence-electron chi connectivity index (χ2n) is 7.32. The van der Waals surface area contributed by atoms with Gasteiger partial charge in [0, 0.05) is 16.8 Å². The zero-order valence-corrected chi connectivity index (χ0v) is 17.9. The molecule has 1 amide bonds. The predicted octanol–water partition coefficient (Wildman–Crippen LogP) is 5.84. The zero-order valence-electron chi connectivity index (χ0n) is 17.9. The van der Waals surface area contributed by atoms with Crippen LogP contribution in [0.4, 0.5) is 5.69 Å². The largest absolute Gasteiger partial charge is 0.488 e. The van der Waals surface area contributed by atoms with Crippen LogP contribution in [0.1, 0.15) is 27.6 Å².